The molecular formula is C11H17NO. The first-order valence-corrected chi connectivity index (χ1v) is 4.63. The Morgan fingerprint density at radius 3 is 2.62 bits per heavy atom. The lowest BCUT2D eigenvalue weighted by Gasteiger charge is -2.13. The fourth-order valence-electron chi connectivity index (χ4n) is 1.21. The highest BCUT2D eigenvalue weighted by atomic mass is 16.5. The molecule has 0 saturated heterocycles. The van der Waals surface area contributed by atoms with E-state index in [1.54, 1.807) is 0 Å². The van der Waals surface area contributed by atoms with Gasteiger partial charge in [-0.25, -0.2) is 0 Å². The highest BCUT2D eigenvalue weighted by Gasteiger charge is 2.02. The first kappa shape index (κ1) is 10.1. The summed E-state index contributed by atoms with van der Waals surface area (Å²) in [5.74, 6) is 0.979. The fourth-order valence-corrected chi connectivity index (χ4v) is 1.21. The maximum Gasteiger partial charge on any atom is 0.124 e. The van der Waals surface area contributed by atoms with Crippen molar-refractivity contribution in [2.24, 2.45) is 0 Å². The molecule has 1 aromatic rings. The molecule has 0 atom stereocenters. The average molecular weight is 179 g/mol. The Kier molecular flexibility index (Phi) is 3.77. The molecule has 2 nitrogen and oxygen atoms in total. The van der Waals surface area contributed by atoms with E-state index in [4.69, 9.17) is 4.74 Å². The van der Waals surface area contributed by atoms with Crippen molar-refractivity contribution in [2.75, 3.05) is 7.05 Å². The van der Waals surface area contributed by atoms with Crippen molar-refractivity contribution >= 4 is 0 Å². The van der Waals surface area contributed by atoms with Crippen molar-refractivity contribution in [2.45, 2.75) is 26.5 Å². The monoisotopic (exact) mass is 179 g/mol. The molecule has 0 aromatic heterocycles. The second-order valence-corrected chi connectivity index (χ2v) is 3.30. The molecule has 0 aliphatic carbocycles. The standard InChI is InChI=1S/C11H17NO/c1-9(2)13-11-7-5-4-6-10(11)8-12-3/h4-7,9,12H,8H2,1-3H3. The van der Waals surface area contributed by atoms with Gasteiger partial charge in [-0.15, -0.1) is 0 Å². The van der Waals surface area contributed by atoms with Crippen LogP contribution in [0.1, 0.15) is 19.4 Å². The summed E-state index contributed by atoms with van der Waals surface area (Å²) in [6, 6.07) is 8.11. The van der Waals surface area contributed by atoms with Gasteiger partial charge < -0.3 is 10.1 Å². The van der Waals surface area contributed by atoms with Gasteiger partial charge >= 0.3 is 0 Å². The summed E-state index contributed by atoms with van der Waals surface area (Å²) in [6.07, 6.45) is 0.234. The molecule has 13 heavy (non-hydrogen) atoms. The summed E-state index contributed by atoms with van der Waals surface area (Å²) in [5, 5.41) is 3.12. The first-order chi connectivity index (χ1) is 6.24. The highest BCUT2D eigenvalue weighted by molar-refractivity contribution is 5.33. The van der Waals surface area contributed by atoms with Gasteiger partial charge in [-0.2, -0.15) is 0 Å². The lowest BCUT2D eigenvalue weighted by Crippen LogP contribution is -2.11. The van der Waals surface area contributed by atoms with Gasteiger partial charge in [-0.3, -0.25) is 0 Å². The Hall–Kier alpha value is -1.02. The maximum atomic E-state index is 5.66. The third-order valence-corrected chi connectivity index (χ3v) is 1.70. The molecule has 1 rings (SSSR count). The second-order valence-electron chi connectivity index (χ2n) is 3.30. The molecule has 72 valence electrons. The lowest BCUT2D eigenvalue weighted by atomic mass is 10.2. The average Bonchev–Trinajstić information content (AvgIpc) is 2.08. The van der Waals surface area contributed by atoms with Crippen LogP contribution in [0.3, 0.4) is 0 Å². The molecule has 0 spiro atoms. The zero-order valence-electron chi connectivity index (χ0n) is 8.50. The molecule has 0 fully saturated rings. The van der Waals surface area contributed by atoms with Crippen molar-refractivity contribution in [1.82, 2.24) is 5.32 Å². The smallest absolute Gasteiger partial charge is 0.124 e. The second kappa shape index (κ2) is 4.87. The molecule has 0 aliphatic heterocycles. The maximum absolute atomic E-state index is 5.66. The van der Waals surface area contributed by atoms with E-state index in [0.29, 0.717) is 0 Å². The van der Waals surface area contributed by atoms with Gasteiger partial charge in [0.1, 0.15) is 5.75 Å². The Balaban J connectivity index is 2.78. The quantitative estimate of drug-likeness (QED) is 0.765. The molecule has 0 radical (unpaired) electrons. The summed E-state index contributed by atoms with van der Waals surface area (Å²) in [6.45, 7) is 4.93. The van der Waals surface area contributed by atoms with Crippen molar-refractivity contribution < 1.29 is 4.74 Å². The van der Waals surface area contributed by atoms with Gasteiger partial charge in [0.25, 0.3) is 0 Å². The molecular weight excluding hydrogens is 162 g/mol. The van der Waals surface area contributed by atoms with E-state index in [-0.39, 0.29) is 6.10 Å². The van der Waals surface area contributed by atoms with Gasteiger partial charge in [0.05, 0.1) is 6.10 Å². The van der Waals surface area contributed by atoms with E-state index in [0.717, 1.165) is 12.3 Å². The van der Waals surface area contributed by atoms with Gasteiger partial charge in [0, 0.05) is 12.1 Å². The molecule has 2 heteroatoms. The van der Waals surface area contributed by atoms with E-state index < -0.39 is 0 Å². The summed E-state index contributed by atoms with van der Waals surface area (Å²) >= 11 is 0. The summed E-state index contributed by atoms with van der Waals surface area (Å²) in [5.41, 5.74) is 1.21. The van der Waals surface area contributed by atoms with Crippen LogP contribution in [0.5, 0.6) is 5.75 Å². The van der Waals surface area contributed by atoms with Crippen molar-refractivity contribution in [1.29, 1.82) is 0 Å². The van der Waals surface area contributed by atoms with Crippen molar-refractivity contribution in [3.63, 3.8) is 0 Å². The van der Waals surface area contributed by atoms with Crippen LogP contribution in [-0.2, 0) is 6.54 Å². The van der Waals surface area contributed by atoms with Crippen LogP contribution in [-0.4, -0.2) is 13.2 Å². The third-order valence-electron chi connectivity index (χ3n) is 1.70. The van der Waals surface area contributed by atoms with Crippen molar-refractivity contribution in [3.8, 4) is 5.75 Å². The minimum atomic E-state index is 0.234. The van der Waals surface area contributed by atoms with E-state index in [2.05, 4.69) is 11.4 Å². The normalized spacial score (nSPS) is 10.5. The van der Waals surface area contributed by atoms with Gasteiger partial charge in [-0.05, 0) is 27.0 Å². The van der Waals surface area contributed by atoms with Crippen LogP contribution in [0.4, 0.5) is 0 Å². The predicted molar refractivity (Wildman–Crippen MR) is 55.0 cm³/mol. The number of para-hydroxylation sites is 1. The SMILES string of the molecule is CNCc1ccccc1OC(C)C. The zero-order chi connectivity index (χ0) is 9.68. The van der Waals surface area contributed by atoms with Gasteiger partial charge in [0.15, 0.2) is 0 Å². The minimum absolute atomic E-state index is 0.234. The Morgan fingerprint density at radius 2 is 2.00 bits per heavy atom. The van der Waals surface area contributed by atoms with Crippen LogP contribution in [0.25, 0.3) is 0 Å². The van der Waals surface area contributed by atoms with Gasteiger partial charge in [-0.1, -0.05) is 18.2 Å². The summed E-state index contributed by atoms with van der Waals surface area (Å²) < 4.78 is 5.66. The third kappa shape index (κ3) is 3.07. The Bertz CT molecular complexity index is 258. The van der Waals surface area contributed by atoms with Crippen LogP contribution < -0.4 is 10.1 Å². The van der Waals surface area contributed by atoms with Crippen molar-refractivity contribution in [3.05, 3.63) is 29.8 Å². The Labute approximate surface area is 79.9 Å². The number of benzene rings is 1. The minimum Gasteiger partial charge on any atom is -0.491 e. The predicted octanol–water partition coefficient (Wildman–Crippen LogP) is 2.19. The molecule has 1 aromatic carbocycles. The molecule has 0 heterocycles. The van der Waals surface area contributed by atoms with E-state index in [1.165, 1.54) is 5.56 Å². The van der Waals surface area contributed by atoms with Gasteiger partial charge in [0.2, 0.25) is 0 Å². The van der Waals surface area contributed by atoms with E-state index in [9.17, 15) is 0 Å². The summed E-state index contributed by atoms with van der Waals surface area (Å²) in [7, 11) is 1.94. The Morgan fingerprint density at radius 1 is 1.31 bits per heavy atom. The summed E-state index contributed by atoms with van der Waals surface area (Å²) in [4.78, 5) is 0. The van der Waals surface area contributed by atoms with Crippen LogP contribution in [0.2, 0.25) is 0 Å². The number of nitrogens with one attached hydrogen (secondary N) is 1. The zero-order valence-corrected chi connectivity index (χ0v) is 8.50. The number of ether oxygens (including phenoxy) is 1. The van der Waals surface area contributed by atoms with E-state index >= 15 is 0 Å². The first-order valence-electron chi connectivity index (χ1n) is 4.63. The molecule has 0 bridgehead atoms. The topological polar surface area (TPSA) is 21.3 Å². The molecule has 1 N–H and O–H groups in total. The van der Waals surface area contributed by atoms with E-state index in [1.807, 2.05) is 39.1 Å². The number of hydrogen-bond donors (Lipinski definition) is 1. The van der Waals surface area contributed by atoms with Crippen LogP contribution in [0.15, 0.2) is 24.3 Å². The number of hydrogen-bond acceptors (Lipinski definition) is 2. The van der Waals surface area contributed by atoms with Crippen LogP contribution >= 0.6 is 0 Å². The molecule has 0 unspecified atom stereocenters. The molecule has 0 amide bonds. The fraction of sp³-hybridized carbons (Fsp3) is 0.455. The van der Waals surface area contributed by atoms with Crippen LogP contribution in [0, 0.1) is 0 Å². The molecule has 0 saturated carbocycles. The largest absolute Gasteiger partial charge is 0.491 e. The lowest BCUT2D eigenvalue weighted by molar-refractivity contribution is 0.239. The highest BCUT2D eigenvalue weighted by Crippen LogP contribution is 2.18. The molecule has 0 aliphatic rings. The number of rotatable bonds is 4.